The standard InChI is InChI=1S/C47H38N2O13/c1-29-27-49(47(56)48-40(29)50)41-39(62-46(55)34-25-15-6-16-26-34)38(61-45(54)33-23-13-5-14-24-33)37(60-44(53)32-21-11-4-12-22-32)36(59-43(52)31-19-9-3-10-20-31)35(58-41)28-57-42(51)30-17-7-2-8-18-30/h2-27,35-39,41H,28H2,1H3,(H,48,50,56)/t35-,36-,37+,38-,39-,41-/m1/s1. The summed E-state index contributed by atoms with van der Waals surface area (Å²) >= 11 is 0. The van der Waals surface area contributed by atoms with E-state index in [0.29, 0.717) is 0 Å². The normalized spacial score (nSPS) is 19.5. The minimum Gasteiger partial charge on any atom is -0.459 e. The Kier molecular flexibility index (Phi) is 13.2. The van der Waals surface area contributed by atoms with Crippen molar-refractivity contribution in [2.24, 2.45) is 0 Å². The number of aromatic nitrogens is 2. The first-order chi connectivity index (χ1) is 30.1. The highest BCUT2D eigenvalue weighted by molar-refractivity contribution is 5.92. The van der Waals surface area contributed by atoms with Crippen LogP contribution in [0.15, 0.2) is 167 Å². The Morgan fingerprint density at radius 3 is 1.24 bits per heavy atom. The van der Waals surface area contributed by atoms with Crippen LogP contribution in [0.2, 0.25) is 0 Å². The molecule has 15 heteroatoms. The van der Waals surface area contributed by atoms with Crippen LogP contribution in [0.3, 0.4) is 0 Å². The molecule has 0 aliphatic carbocycles. The number of benzene rings is 5. The fourth-order valence-corrected chi connectivity index (χ4v) is 6.63. The second kappa shape index (κ2) is 19.4. The number of carbonyl (C=O) groups excluding carboxylic acids is 5. The number of nitrogens with one attached hydrogen (secondary N) is 1. The second-order valence-corrected chi connectivity index (χ2v) is 14.0. The van der Waals surface area contributed by atoms with Crippen LogP contribution in [0, 0.1) is 6.92 Å². The Morgan fingerprint density at radius 2 is 0.839 bits per heavy atom. The summed E-state index contributed by atoms with van der Waals surface area (Å²) in [5.41, 5.74) is -1.56. The molecular formula is C47H38N2O13. The lowest BCUT2D eigenvalue weighted by Crippen LogP contribution is -2.54. The number of rotatable bonds is 12. The molecule has 1 aliphatic heterocycles. The maximum atomic E-state index is 14.2. The Bertz CT molecular complexity index is 2640. The average molecular weight is 839 g/mol. The van der Waals surface area contributed by atoms with Gasteiger partial charge in [0.2, 0.25) is 0 Å². The number of ether oxygens (including phenoxy) is 6. The SMILES string of the molecule is Cc1cn([C@@H]2O[C@H](COC(=O)c3ccccc3)[C@@H](OC(=O)c3ccccc3)[C@H](OC(=O)c3ccccc3)[C@@H](OC(=O)c3ccccc3)[C@H]2OC(=O)c2ccccc2)c(=O)[nH]c1=O. The fourth-order valence-electron chi connectivity index (χ4n) is 6.63. The molecule has 0 radical (unpaired) electrons. The molecule has 1 fully saturated rings. The molecule has 6 aromatic rings. The molecule has 0 spiro atoms. The quantitative estimate of drug-likeness (QED) is 0.120. The van der Waals surface area contributed by atoms with Gasteiger partial charge in [0.05, 0.1) is 27.8 Å². The van der Waals surface area contributed by atoms with E-state index in [1.807, 2.05) is 0 Å². The van der Waals surface area contributed by atoms with Gasteiger partial charge in [0.15, 0.2) is 30.6 Å². The molecule has 1 N–H and O–H groups in total. The second-order valence-electron chi connectivity index (χ2n) is 14.0. The van der Waals surface area contributed by atoms with Crippen LogP contribution in [0.1, 0.15) is 63.6 Å². The summed E-state index contributed by atoms with van der Waals surface area (Å²) in [6.45, 7) is 0.656. The third-order valence-electron chi connectivity index (χ3n) is 9.75. The molecule has 0 unspecified atom stereocenters. The largest absolute Gasteiger partial charge is 0.459 e. The average Bonchev–Trinajstić information content (AvgIpc) is 3.41. The van der Waals surface area contributed by atoms with E-state index in [-0.39, 0.29) is 33.4 Å². The zero-order valence-corrected chi connectivity index (χ0v) is 32.9. The van der Waals surface area contributed by atoms with Gasteiger partial charge in [-0.1, -0.05) is 91.0 Å². The van der Waals surface area contributed by atoms with Crippen LogP contribution >= 0.6 is 0 Å². The Hall–Kier alpha value is -7.91. The Morgan fingerprint density at radius 1 is 0.500 bits per heavy atom. The molecular weight excluding hydrogens is 801 g/mol. The molecule has 1 saturated heterocycles. The van der Waals surface area contributed by atoms with Crippen molar-refractivity contribution in [3.8, 4) is 0 Å². The van der Waals surface area contributed by atoms with Gasteiger partial charge in [-0.05, 0) is 67.6 Å². The molecule has 5 aromatic carbocycles. The van der Waals surface area contributed by atoms with Gasteiger partial charge in [-0.2, -0.15) is 0 Å². The van der Waals surface area contributed by atoms with Crippen LogP contribution in [-0.2, 0) is 28.4 Å². The number of hydrogen-bond donors (Lipinski definition) is 1. The van der Waals surface area contributed by atoms with Crippen LogP contribution in [-0.4, -0.2) is 76.5 Å². The summed E-state index contributed by atoms with van der Waals surface area (Å²) in [5.74, 6) is -4.82. The summed E-state index contributed by atoms with van der Waals surface area (Å²) in [6.07, 6.45) is -10.2. The molecule has 0 bridgehead atoms. The topological polar surface area (TPSA) is 196 Å². The van der Waals surface area contributed by atoms with Crippen molar-refractivity contribution >= 4 is 29.8 Å². The molecule has 1 aliphatic rings. The predicted molar refractivity (Wildman–Crippen MR) is 219 cm³/mol. The van der Waals surface area contributed by atoms with Crippen LogP contribution in [0.25, 0.3) is 0 Å². The van der Waals surface area contributed by atoms with E-state index in [4.69, 9.17) is 28.4 Å². The van der Waals surface area contributed by atoms with Gasteiger partial charge in [0, 0.05) is 11.8 Å². The summed E-state index contributed by atoms with van der Waals surface area (Å²) in [6, 6.07) is 38.7. The third kappa shape index (κ3) is 9.92. The maximum Gasteiger partial charge on any atom is 0.338 e. The summed E-state index contributed by atoms with van der Waals surface area (Å²) in [4.78, 5) is 98.8. The molecule has 0 amide bonds. The van der Waals surface area contributed by atoms with Gasteiger partial charge >= 0.3 is 35.5 Å². The van der Waals surface area contributed by atoms with E-state index in [1.54, 1.807) is 91.0 Å². The monoisotopic (exact) mass is 838 g/mol. The zero-order valence-electron chi connectivity index (χ0n) is 32.9. The van der Waals surface area contributed by atoms with Crippen molar-refractivity contribution in [1.29, 1.82) is 0 Å². The van der Waals surface area contributed by atoms with E-state index in [0.717, 1.165) is 10.8 Å². The van der Waals surface area contributed by atoms with Crippen LogP contribution < -0.4 is 11.2 Å². The fraction of sp³-hybridized carbons (Fsp3) is 0.170. The van der Waals surface area contributed by atoms with E-state index >= 15 is 0 Å². The molecule has 0 saturated carbocycles. The number of aromatic amines is 1. The first-order valence-electron chi connectivity index (χ1n) is 19.3. The van der Waals surface area contributed by atoms with Gasteiger partial charge in [-0.15, -0.1) is 0 Å². The highest BCUT2D eigenvalue weighted by atomic mass is 16.7. The van der Waals surface area contributed by atoms with Crippen molar-refractivity contribution < 1.29 is 52.4 Å². The molecule has 62 heavy (non-hydrogen) atoms. The lowest BCUT2D eigenvalue weighted by molar-refractivity contribution is -0.156. The number of nitrogens with zero attached hydrogens (tertiary/aromatic N) is 1. The van der Waals surface area contributed by atoms with Crippen molar-refractivity contribution in [3.05, 3.63) is 212 Å². The Balaban J connectivity index is 1.46. The van der Waals surface area contributed by atoms with Gasteiger partial charge in [0.25, 0.3) is 5.56 Å². The number of carbonyl (C=O) groups is 5. The van der Waals surface area contributed by atoms with Crippen LogP contribution in [0.4, 0.5) is 0 Å². The highest BCUT2D eigenvalue weighted by Crippen LogP contribution is 2.36. The first kappa shape index (κ1) is 42.2. The van der Waals surface area contributed by atoms with Crippen LogP contribution in [0.5, 0.6) is 0 Å². The highest BCUT2D eigenvalue weighted by Gasteiger charge is 2.56. The van der Waals surface area contributed by atoms with Gasteiger partial charge in [-0.3, -0.25) is 14.3 Å². The van der Waals surface area contributed by atoms with E-state index in [1.165, 1.54) is 67.6 Å². The number of H-pyrrole nitrogens is 1. The maximum absolute atomic E-state index is 14.2. The van der Waals surface area contributed by atoms with Crippen molar-refractivity contribution in [2.45, 2.75) is 43.7 Å². The molecule has 1 aromatic heterocycles. The van der Waals surface area contributed by atoms with Gasteiger partial charge < -0.3 is 28.4 Å². The molecule has 7 rings (SSSR count). The first-order valence-corrected chi connectivity index (χ1v) is 19.3. The number of aryl methyl sites for hydroxylation is 1. The summed E-state index contributed by atoms with van der Waals surface area (Å²) in [7, 11) is 0. The van der Waals surface area contributed by atoms with E-state index in [2.05, 4.69) is 4.98 Å². The number of hydrogen-bond acceptors (Lipinski definition) is 13. The van der Waals surface area contributed by atoms with E-state index < -0.39 is 84.5 Å². The van der Waals surface area contributed by atoms with E-state index in [9.17, 15) is 33.6 Å². The number of esters is 5. The Labute approximate surface area is 353 Å². The molecule has 6 atom stereocenters. The summed E-state index contributed by atoms with van der Waals surface area (Å²) in [5, 5.41) is 0. The minimum atomic E-state index is -1.98. The third-order valence-corrected chi connectivity index (χ3v) is 9.75. The molecule has 314 valence electrons. The zero-order chi connectivity index (χ0) is 43.6. The smallest absolute Gasteiger partial charge is 0.338 e. The van der Waals surface area contributed by atoms with Crippen molar-refractivity contribution in [3.63, 3.8) is 0 Å². The van der Waals surface area contributed by atoms with Crippen molar-refractivity contribution in [1.82, 2.24) is 9.55 Å². The lowest BCUT2D eigenvalue weighted by atomic mass is 9.98. The minimum absolute atomic E-state index is 0.00887. The predicted octanol–water partition coefficient (Wildman–Crippen LogP) is 5.50. The van der Waals surface area contributed by atoms with Gasteiger partial charge in [0.1, 0.15) is 12.7 Å². The lowest BCUT2D eigenvalue weighted by Gasteiger charge is -2.35. The van der Waals surface area contributed by atoms with Crippen molar-refractivity contribution in [2.75, 3.05) is 6.61 Å². The molecule has 2 heterocycles. The molecule has 15 nitrogen and oxygen atoms in total. The van der Waals surface area contributed by atoms with Gasteiger partial charge in [-0.25, -0.2) is 28.8 Å². The summed E-state index contributed by atoms with van der Waals surface area (Å²) < 4.78 is 38.0.